The first-order chi connectivity index (χ1) is 11.1. The van der Waals surface area contributed by atoms with Gasteiger partial charge < -0.3 is 5.32 Å². The number of nitrogens with zero attached hydrogens (tertiary/aromatic N) is 2. The molecule has 0 aliphatic rings. The van der Waals surface area contributed by atoms with Crippen molar-refractivity contribution in [2.75, 3.05) is 11.9 Å². The Bertz CT molecular complexity index is 615. The lowest BCUT2D eigenvalue weighted by Gasteiger charge is -2.10. The number of rotatable bonds is 8. The van der Waals surface area contributed by atoms with E-state index in [2.05, 4.69) is 22.2 Å². The number of hydrogen-bond donors (Lipinski definition) is 1. The van der Waals surface area contributed by atoms with Crippen molar-refractivity contribution in [2.45, 2.75) is 39.0 Å². The molecule has 3 nitrogen and oxygen atoms in total. The normalized spacial score (nSPS) is 11.0. The van der Waals surface area contributed by atoms with Gasteiger partial charge in [0.05, 0.1) is 5.69 Å². The van der Waals surface area contributed by atoms with Crippen LogP contribution >= 0.6 is 0 Å². The SMILES string of the molecule is CCCCCCNc1nc(-c2ccc(F)cc2)cc(C(F)F)n1. The Balaban J connectivity index is 2.16. The van der Waals surface area contributed by atoms with Gasteiger partial charge in [-0.1, -0.05) is 26.2 Å². The molecular formula is C17H20F3N3. The van der Waals surface area contributed by atoms with E-state index in [1.165, 1.54) is 30.3 Å². The third kappa shape index (κ3) is 5.23. The number of aromatic nitrogens is 2. The quantitative estimate of drug-likeness (QED) is 0.677. The highest BCUT2D eigenvalue weighted by atomic mass is 19.3. The Hall–Kier alpha value is -2.11. The predicted octanol–water partition coefficient (Wildman–Crippen LogP) is 5.21. The number of hydrogen-bond acceptors (Lipinski definition) is 3. The fourth-order valence-corrected chi connectivity index (χ4v) is 2.18. The smallest absolute Gasteiger partial charge is 0.280 e. The third-order valence-electron chi connectivity index (χ3n) is 3.42. The number of benzene rings is 1. The molecule has 0 bridgehead atoms. The monoisotopic (exact) mass is 323 g/mol. The minimum atomic E-state index is -2.68. The van der Waals surface area contributed by atoms with Crippen LogP contribution in [0.4, 0.5) is 19.1 Å². The van der Waals surface area contributed by atoms with E-state index in [-0.39, 0.29) is 17.5 Å². The molecule has 23 heavy (non-hydrogen) atoms. The molecule has 1 N–H and O–H groups in total. The van der Waals surface area contributed by atoms with Gasteiger partial charge in [0.1, 0.15) is 11.5 Å². The van der Waals surface area contributed by atoms with E-state index in [1.807, 2.05) is 0 Å². The van der Waals surface area contributed by atoms with E-state index in [9.17, 15) is 13.2 Å². The fourth-order valence-electron chi connectivity index (χ4n) is 2.18. The van der Waals surface area contributed by atoms with E-state index >= 15 is 0 Å². The Morgan fingerprint density at radius 3 is 2.43 bits per heavy atom. The van der Waals surface area contributed by atoms with Gasteiger partial charge in [-0.2, -0.15) is 0 Å². The zero-order valence-corrected chi connectivity index (χ0v) is 13.0. The second kappa shape index (κ2) is 8.50. The van der Waals surface area contributed by atoms with Crippen LogP contribution in [0.5, 0.6) is 0 Å². The molecule has 0 spiro atoms. The summed E-state index contributed by atoms with van der Waals surface area (Å²) in [6.07, 6.45) is 1.59. The first kappa shape index (κ1) is 17.2. The summed E-state index contributed by atoms with van der Waals surface area (Å²) in [6.45, 7) is 2.76. The number of nitrogens with one attached hydrogen (secondary N) is 1. The second-order valence-electron chi connectivity index (χ2n) is 5.30. The van der Waals surface area contributed by atoms with Gasteiger partial charge in [-0.25, -0.2) is 23.1 Å². The minimum Gasteiger partial charge on any atom is -0.354 e. The van der Waals surface area contributed by atoms with Crippen LogP contribution in [0.1, 0.15) is 44.7 Å². The molecule has 0 saturated carbocycles. The minimum absolute atomic E-state index is 0.179. The molecule has 0 aliphatic heterocycles. The molecule has 0 amide bonds. The molecule has 1 heterocycles. The fraction of sp³-hybridized carbons (Fsp3) is 0.412. The van der Waals surface area contributed by atoms with Crippen LogP contribution in [0.15, 0.2) is 30.3 Å². The predicted molar refractivity (Wildman–Crippen MR) is 85.0 cm³/mol. The van der Waals surface area contributed by atoms with Crippen molar-refractivity contribution in [3.8, 4) is 11.3 Å². The molecule has 0 radical (unpaired) electrons. The van der Waals surface area contributed by atoms with Crippen molar-refractivity contribution in [3.05, 3.63) is 41.8 Å². The highest BCUT2D eigenvalue weighted by Gasteiger charge is 2.14. The van der Waals surface area contributed by atoms with E-state index in [1.54, 1.807) is 0 Å². The van der Waals surface area contributed by atoms with Crippen molar-refractivity contribution >= 4 is 5.95 Å². The molecule has 0 unspecified atom stereocenters. The lowest BCUT2D eigenvalue weighted by molar-refractivity contribution is 0.146. The van der Waals surface area contributed by atoms with Crippen LogP contribution in [-0.2, 0) is 0 Å². The molecule has 0 saturated heterocycles. The van der Waals surface area contributed by atoms with E-state index in [4.69, 9.17) is 0 Å². The Labute approximate surface area is 134 Å². The molecule has 1 aromatic carbocycles. The summed E-state index contributed by atoms with van der Waals surface area (Å²) in [6, 6.07) is 6.81. The van der Waals surface area contributed by atoms with Crippen LogP contribution < -0.4 is 5.32 Å². The highest BCUT2D eigenvalue weighted by Crippen LogP contribution is 2.24. The molecule has 0 aliphatic carbocycles. The standard InChI is InChI=1S/C17H20F3N3/c1-2-3-4-5-10-21-17-22-14(11-15(23-17)16(19)20)12-6-8-13(18)9-7-12/h6-9,11,16H,2-5,10H2,1H3,(H,21,22,23). The van der Waals surface area contributed by atoms with Gasteiger partial charge in [0.2, 0.25) is 5.95 Å². The zero-order valence-electron chi connectivity index (χ0n) is 13.0. The van der Waals surface area contributed by atoms with Crippen LogP contribution in [0.25, 0.3) is 11.3 Å². The van der Waals surface area contributed by atoms with Crippen LogP contribution in [0, 0.1) is 5.82 Å². The van der Waals surface area contributed by atoms with E-state index in [0.717, 1.165) is 25.7 Å². The second-order valence-corrected chi connectivity index (χ2v) is 5.30. The average molecular weight is 323 g/mol. The number of alkyl halides is 2. The lowest BCUT2D eigenvalue weighted by Crippen LogP contribution is -2.08. The van der Waals surface area contributed by atoms with Crippen molar-refractivity contribution in [1.82, 2.24) is 9.97 Å². The van der Waals surface area contributed by atoms with Crippen molar-refractivity contribution in [3.63, 3.8) is 0 Å². The van der Waals surface area contributed by atoms with Gasteiger partial charge in [-0.15, -0.1) is 0 Å². The first-order valence-corrected chi connectivity index (χ1v) is 7.77. The topological polar surface area (TPSA) is 37.8 Å². The molecule has 1 aromatic heterocycles. The molecular weight excluding hydrogens is 303 g/mol. The average Bonchev–Trinajstić information content (AvgIpc) is 2.55. The molecule has 0 fully saturated rings. The summed E-state index contributed by atoms with van der Waals surface area (Å²) in [5.41, 5.74) is 0.589. The van der Waals surface area contributed by atoms with Crippen molar-refractivity contribution in [2.24, 2.45) is 0 Å². The van der Waals surface area contributed by atoms with Gasteiger partial charge in [-0.3, -0.25) is 0 Å². The van der Waals surface area contributed by atoms with Crippen LogP contribution in [-0.4, -0.2) is 16.5 Å². The molecule has 2 rings (SSSR count). The largest absolute Gasteiger partial charge is 0.354 e. The summed E-state index contributed by atoms with van der Waals surface area (Å²) in [5, 5.41) is 2.99. The molecule has 2 aromatic rings. The lowest BCUT2D eigenvalue weighted by atomic mass is 10.1. The van der Waals surface area contributed by atoms with Gasteiger partial charge in [0, 0.05) is 12.1 Å². The summed E-state index contributed by atoms with van der Waals surface area (Å²) in [7, 11) is 0. The highest BCUT2D eigenvalue weighted by molar-refractivity contribution is 5.60. The van der Waals surface area contributed by atoms with Crippen LogP contribution in [0.3, 0.4) is 0 Å². The maximum Gasteiger partial charge on any atom is 0.280 e. The number of anilines is 1. The zero-order chi connectivity index (χ0) is 16.7. The molecule has 6 heteroatoms. The van der Waals surface area contributed by atoms with Crippen LogP contribution in [0.2, 0.25) is 0 Å². The van der Waals surface area contributed by atoms with Gasteiger partial charge in [-0.05, 0) is 36.8 Å². The maximum atomic E-state index is 13.0. The Morgan fingerprint density at radius 2 is 1.78 bits per heavy atom. The Kier molecular flexibility index (Phi) is 6.38. The van der Waals surface area contributed by atoms with E-state index < -0.39 is 6.43 Å². The summed E-state index contributed by atoms with van der Waals surface area (Å²) in [4.78, 5) is 8.10. The number of halogens is 3. The summed E-state index contributed by atoms with van der Waals surface area (Å²) >= 11 is 0. The number of unbranched alkanes of at least 4 members (excludes halogenated alkanes) is 3. The first-order valence-electron chi connectivity index (χ1n) is 7.77. The molecule has 0 atom stereocenters. The third-order valence-corrected chi connectivity index (χ3v) is 3.42. The van der Waals surface area contributed by atoms with Gasteiger partial charge in [0.15, 0.2) is 0 Å². The van der Waals surface area contributed by atoms with Gasteiger partial charge >= 0.3 is 0 Å². The Morgan fingerprint density at radius 1 is 1.04 bits per heavy atom. The van der Waals surface area contributed by atoms with Crippen molar-refractivity contribution < 1.29 is 13.2 Å². The van der Waals surface area contributed by atoms with Gasteiger partial charge in [0.25, 0.3) is 6.43 Å². The maximum absolute atomic E-state index is 13.0. The summed E-state index contributed by atoms with van der Waals surface area (Å²) < 4.78 is 39.0. The van der Waals surface area contributed by atoms with Crippen molar-refractivity contribution in [1.29, 1.82) is 0 Å². The van der Waals surface area contributed by atoms with E-state index in [0.29, 0.717) is 17.8 Å². The molecule has 124 valence electrons. The summed E-state index contributed by atoms with van der Waals surface area (Å²) in [5.74, 6) is -0.204.